The molecule has 10 nitrogen and oxygen atoms in total. The van der Waals surface area contributed by atoms with Gasteiger partial charge in [-0.15, -0.1) is 0 Å². The second-order valence-electron chi connectivity index (χ2n) is 9.35. The number of hydrogen-bond acceptors (Lipinski definition) is 7. The summed E-state index contributed by atoms with van der Waals surface area (Å²) in [6, 6.07) is 15.9. The van der Waals surface area contributed by atoms with Crippen LogP contribution >= 0.6 is 0 Å². The van der Waals surface area contributed by atoms with E-state index in [4.69, 9.17) is 15.2 Å². The molecule has 4 N–H and O–H groups in total. The highest BCUT2D eigenvalue weighted by atomic mass is 16.7. The number of nitrogens with two attached hydrogens (primary N) is 1. The van der Waals surface area contributed by atoms with E-state index in [1.807, 2.05) is 30.3 Å². The molecule has 1 atom stereocenters. The number of amidine groups is 1. The van der Waals surface area contributed by atoms with Crippen molar-refractivity contribution in [2.45, 2.75) is 65.3 Å². The van der Waals surface area contributed by atoms with E-state index in [2.05, 4.69) is 20.6 Å². The molecule has 37 heavy (non-hydrogen) atoms. The summed E-state index contributed by atoms with van der Waals surface area (Å²) < 4.78 is 11.0. The topological polar surface area (TPSA) is 141 Å². The van der Waals surface area contributed by atoms with Crippen LogP contribution in [0.3, 0.4) is 0 Å². The highest BCUT2D eigenvalue weighted by molar-refractivity contribution is 5.97. The van der Waals surface area contributed by atoms with Crippen molar-refractivity contribution >= 4 is 23.8 Å². The zero-order chi connectivity index (χ0) is 27.3. The smallest absolute Gasteiger partial charge is 0.408 e. The fourth-order valence-electron chi connectivity index (χ4n) is 3.14. The van der Waals surface area contributed by atoms with Crippen molar-refractivity contribution in [1.82, 2.24) is 10.6 Å². The maximum atomic E-state index is 12.9. The molecule has 2 aromatic rings. The number of benzene rings is 2. The molecule has 200 valence electrons. The Morgan fingerprint density at radius 2 is 1.68 bits per heavy atom. The number of oxime groups is 1. The largest absolute Gasteiger partial charge is 0.444 e. The Morgan fingerprint density at radius 1 is 1.00 bits per heavy atom. The van der Waals surface area contributed by atoms with Gasteiger partial charge >= 0.3 is 12.1 Å². The first-order chi connectivity index (χ1) is 17.5. The zero-order valence-corrected chi connectivity index (χ0v) is 21.8. The second-order valence-corrected chi connectivity index (χ2v) is 9.35. The van der Waals surface area contributed by atoms with Crippen molar-refractivity contribution in [1.29, 1.82) is 0 Å². The molecule has 0 aliphatic carbocycles. The van der Waals surface area contributed by atoms with E-state index in [1.54, 1.807) is 45.0 Å². The number of nitrogens with zero attached hydrogens (tertiary/aromatic N) is 1. The van der Waals surface area contributed by atoms with Crippen LogP contribution in [0.2, 0.25) is 0 Å². The molecule has 10 heteroatoms. The molecule has 0 spiro atoms. The molecule has 0 saturated carbocycles. The Bertz CT molecular complexity index is 1050. The maximum absolute atomic E-state index is 12.9. The molecule has 2 rings (SSSR count). The summed E-state index contributed by atoms with van der Waals surface area (Å²) in [6.45, 7) is 7.64. The third-order valence-corrected chi connectivity index (χ3v) is 4.89. The van der Waals surface area contributed by atoms with E-state index in [-0.39, 0.29) is 18.3 Å². The zero-order valence-electron chi connectivity index (χ0n) is 21.8. The number of hydrogen-bond donors (Lipinski definition) is 3. The van der Waals surface area contributed by atoms with Crippen LogP contribution in [0.15, 0.2) is 59.8 Å². The molecule has 0 radical (unpaired) electrons. The lowest BCUT2D eigenvalue weighted by atomic mass is 10.1. The lowest BCUT2D eigenvalue weighted by molar-refractivity contribution is -0.141. The molecular formula is C27H36N4O6. The van der Waals surface area contributed by atoms with Crippen molar-refractivity contribution in [2.24, 2.45) is 10.9 Å². The molecule has 0 fully saturated rings. The first kappa shape index (κ1) is 29.3. The minimum atomic E-state index is -0.791. The number of carbonyl (C=O) groups is 3. The molecule has 0 bridgehead atoms. The van der Waals surface area contributed by atoms with Gasteiger partial charge in [-0.3, -0.25) is 4.79 Å². The summed E-state index contributed by atoms with van der Waals surface area (Å²) >= 11 is 0. The van der Waals surface area contributed by atoms with Gasteiger partial charge < -0.3 is 30.7 Å². The van der Waals surface area contributed by atoms with Gasteiger partial charge in [0.05, 0.1) is 6.61 Å². The predicted octanol–water partition coefficient (Wildman–Crippen LogP) is 3.38. The van der Waals surface area contributed by atoms with Crippen LogP contribution in [0, 0.1) is 0 Å². The summed E-state index contributed by atoms with van der Waals surface area (Å²) in [4.78, 5) is 40.6. The van der Waals surface area contributed by atoms with Gasteiger partial charge in [-0.05, 0) is 44.7 Å². The average Bonchev–Trinajstić information content (AvgIpc) is 2.84. The van der Waals surface area contributed by atoms with Crippen LogP contribution < -0.4 is 16.4 Å². The monoisotopic (exact) mass is 512 g/mol. The molecule has 0 saturated heterocycles. The fraction of sp³-hybridized carbons (Fsp3) is 0.407. The van der Waals surface area contributed by atoms with E-state index < -0.39 is 23.7 Å². The standard InChI is InChI=1S/C27H36N4O6/c1-19(32)37-31-24(28)22-14-12-20(13-15-22)17-29-25(33)23(30-26(34)36-27(2,3)4)11-8-16-35-18-21-9-6-5-7-10-21/h5-7,9-10,12-15,23H,8,11,16-18H2,1-4H3,(H2,28,31)(H,29,33)(H,30,34). The van der Waals surface area contributed by atoms with Crippen molar-refractivity contribution in [3.8, 4) is 0 Å². The van der Waals surface area contributed by atoms with Gasteiger partial charge in [-0.25, -0.2) is 9.59 Å². The minimum absolute atomic E-state index is 0.0573. The van der Waals surface area contributed by atoms with Gasteiger partial charge in [-0.2, -0.15) is 0 Å². The van der Waals surface area contributed by atoms with Gasteiger partial charge in [0, 0.05) is 25.6 Å². The van der Waals surface area contributed by atoms with Crippen molar-refractivity contribution in [3.63, 3.8) is 0 Å². The highest BCUT2D eigenvalue weighted by Crippen LogP contribution is 2.09. The Labute approximate surface area is 217 Å². The summed E-state index contributed by atoms with van der Waals surface area (Å²) in [7, 11) is 0. The number of rotatable bonds is 12. The Morgan fingerprint density at radius 3 is 2.30 bits per heavy atom. The number of alkyl carbamates (subject to hydrolysis) is 1. The van der Waals surface area contributed by atoms with Gasteiger partial charge in [0.25, 0.3) is 0 Å². The summed E-state index contributed by atoms with van der Waals surface area (Å²) in [6.07, 6.45) is 0.280. The van der Waals surface area contributed by atoms with E-state index in [9.17, 15) is 14.4 Å². The van der Waals surface area contributed by atoms with Crippen LogP contribution in [-0.4, -0.2) is 42.1 Å². The number of carbonyl (C=O) groups excluding carboxylic acids is 3. The van der Waals surface area contributed by atoms with Gasteiger partial charge in [0.15, 0.2) is 5.84 Å². The number of ether oxygens (including phenoxy) is 2. The Kier molecular flexibility index (Phi) is 11.6. The van der Waals surface area contributed by atoms with Crippen molar-refractivity contribution in [3.05, 3.63) is 71.3 Å². The number of amides is 2. The van der Waals surface area contributed by atoms with Gasteiger partial charge in [-0.1, -0.05) is 59.8 Å². The van der Waals surface area contributed by atoms with Gasteiger partial charge in [0.1, 0.15) is 11.6 Å². The molecule has 2 amide bonds. The van der Waals surface area contributed by atoms with Gasteiger partial charge in [0.2, 0.25) is 5.91 Å². The summed E-state index contributed by atoms with van der Waals surface area (Å²) in [5, 5.41) is 9.05. The van der Waals surface area contributed by atoms with Crippen LogP contribution in [0.4, 0.5) is 4.79 Å². The van der Waals surface area contributed by atoms with Crippen LogP contribution in [0.5, 0.6) is 0 Å². The maximum Gasteiger partial charge on any atom is 0.408 e. The molecule has 0 heterocycles. The van der Waals surface area contributed by atoms with E-state index in [1.165, 1.54) is 6.92 Å². The second kappa shape index (κ2) is 14.6. The molecule has 0 aliphatic heterocycles. The average molecular weight is 513 g/mol. The van der Waals surface area contributed by atoms with Crippen LogP contribution in [-0.2, 0) is 37.1 Å². The Hall–Kier alpha value is -3.92. The molecule has 1 unspecified atom stereocenters. The third kappa shape index (κ3) is 12.0. The fourth-order valence-corrected chi connectivity index (χ4v) is 3.14. The first-order valence-electron chi connectivity index (χ1n) is 12.0. The molecular weight excluding hydrogens is 476 g/mol. The molecule has 0 aromatic heterocycles. The van der Waals surface area contributed by atoms with Crippen LogP contribution in [0.25, 0.3) is 0 Å². The van der Waals surface area contributed by atoms with Crippen LogP contribution in [0.1, 0.15) is 57.2 Å². The summed E-state index contributed by atoms with van der Waals surface area (Å²) in [5.74, 6) is -0.851. The Balaban J connectivity index is 1.91. The molecule has 0 aliphatic rings. The quantitative estimate of drug-likeness (QED) is 0.130. The SMILES string of the molecule is CC(=O)ON=C(N)c1ccc(CNC(=O)C(CCCOCc2ccccc2)NC(=O)OC(C)(C)C)cc1. The lowest BCUT2D eigenvalue weighted by Gasteiger charge is -2.23. The minimum Gasteiger partial charge on any atom is -0.444 e. The van der Waals surface area contributed by atoms with Crippen molar-refractivity contribution < 1.29 is 28.7 Å². The van der Waals surface area contributed by atoms with E-state index >= 15 is 0 Å². The van der Waals surface area contributed by atoms with E-state index in [0.29, 0.717) is 31.6 Å². The molecule has 2 aromatic carbocycles. The normalized spacial score (nSPS) is 12.4. The lowest BCUT2D eigenvalue weighted by Crippen LogP contribution is -2.48. The summed E-state index contributed by atoms with van der Waals surface area (Å²) in [5.41, 5.74) is 7.53. The van der Waals surface area contributed by atoms with E-state index in [0.717, 1.165) is 11.1 Å². The number of nitrogens with one attached hydrogen (secondary N) is 2. The van der Waals surface area contributed by atoms with Crippen molar-refractivity contribution in [2.75, 3.05) is 6.61 Å². The highest BCUT2D eigenvalue weighted by Gasteiger charge is 2.24. The third-order valence-electron chi connectivity index (χ3n) is 4.89. The first-order valence-corrected chi connectivity index (χ1v) is 12.0. The predicted molar refractivity (Wildman–Crippen MR) is 139 cm³/mol.